The Morgan fingerprint density at radius 3 is 2.40 bits per heavy atom. The molecule has 7 heteroatoms. The molecule has 25 heavy (non-hydrogen) atoms. The van der Waals surface area contributed by atoms with Crippen molar-refractivity contribution >= 4 is 19.3 Å². The maximum atomic E-state index is 12.4. The minimum absolute atomic E-state index is 0.0577. The molecule has 0 amide bonds. The summed E-state index contributed by atoms with van der Waals surface area (Å²) in [6.07, 6.45) is 7.03. The highest BCUT2D eigenvalue weighted by molar-refractivity contribution is 7.58. The van der Waals surface area contributed by atoms with Crippen LogP contribution in [0.15, 0.2) is 11.6 Å². The lowest BCUT2D eigenvalue weighted by Crippen LogP contribution is -2.20. The first-order chi connectivity index (χ1) is 11.7. The first-order valence-corrected chi connectivity index (χ1v) is 11.1. The zero-order valence-electron chi connectivity index (χ0n) is 15.5. The minimum Gasteiger partial charge on any atom is -0.463 e. The number of ether oxygens (including phenoxy) is 2. The third kappa shape index (κ3) is 9.22. The van der Waals surface area contributed by atoms with Crippen LogP contribution in [-0.2, 0) is 23.6 Å². The van der Waals surface area contributed by atoms with Crippen molar-refractivity contribution in [2.24, 2.45) is 11.8 Å². The van der Waals surface area contributed by atoms with Gasteiger partial charge in [0.15, 0.2) is 6.61 Å². The van der Waals surface area contributed by atoms with Crippen molar-refractivity contribution in [1.29, 1.82) is 0 Å². The van der Waals surface area contributed by atoms with Gasteiger partial charge in [-0.05, 0) is 31.6 Å². The molecular weight excluding hydrogens is 343 g/mol. The Labute approximate surface area is 150 Å². The van der Waals surface area contributed by atoms with Crippen LogP contribution in [0.5, 0.6) is 0 Å². The Kier molecular flexibility index (Phi) is 9.44. The van der Waals surface area contributed by atoms with E-state index in [0.29, 0.717) is 0 Å². The molecule has 0 radical (unpaired) electrons. The number of hydrogen-bond acceptors (Lipinski definition) is 5. The number of allylic oxidation sites excluding steroid dienone is 1. The zero-order chi connectivity index (χ0) is 18.9. The van der Waals surface area contributed by atoms with Crippen LogP contribution < -0.4 is 0 Å². The number of esters is 2. The summed E-state index contributed by atoms with van der Waals surface area (Å²) in [7, 11) is -3.47. The van der Waals surface area contributed by atoms with E-state index in [0.717, 1.165) is 25.7 Å². The Bertz CT molecular complexity index is 520. The first-order valence-electron chi connectivity index (χ1n) is 9.07. The maximum absolute atomic E-state index is 12.4. The summed E-state index contributed by atoms with van der Waals surface area (Å²) < 4.78 is 22.2. The quantitative estimate of drug-likeness (QED) is 0.377. The fourth-order valence-corrected chi connectivity index (χ4v) is 5.13. The monoisotopic (exact) mass is 374 g/mol. The lowest BCUT2D eigenvalue weighted by molar-refractivity contribution is -0.156. The second kappa shape index (κ2) is 10.8. The van der Waals surface area contributed by atoms with E-state index >= 15 is 0 Å². The molecule has 0 aliphatic heterocycles. The van der Waals surface area contributed by atoms with Crippen molar-refractivity contribution in [3.05, 3.63) is 11.6 Å². The molecule has 1 unspecified atom stereocenters. The summed E-state index contributed by atoms with van der Waals surface area (Å²) in [5.74, 6) is -1.04. The van der Waals surface area contributed by atoms with Crippen LogP contribution in [0, 0.1) is 11.8 Å². The summed E-state index contributed by atoms with van der Waals surface area (Å²) in [6.45, 7) is 5.14. The largest absolute Gasteiger partial charge is 0.463 e. The maximum Gasteiger partial charge on any atom is 0.344 e. The molecule has 6 nitrogen and oxygen atoms in total. The molecule has 0 aromatic heterocycles. The fraction of sp³-hybridized carbons (Fsp3) is 0.778. The van der Waals surface area contributed by atoms with Gasteiger partial charge in [0.2, 0.25) is 7.37 Å². The van der Waals surface area contributed by atoms with Gasteiger partial charge in [-0.2, -0.15) is 0 Å². The molecule has 0 heterocycles. The van der Waals surface area contributed by atoms with Gasteiger partial charge in [-0.3, -0.25) is 4.57 Å². The van der Waals surface area contributed by atoms with Gasteiger partial charge in [-0.25, -0.2) is 9.59 Å². The highest BCUT2D eigenvalue weighted by Gasteiger charge is 2.27. The van der Waals surface area contributed by atoms with E-state index in [1.165, 1.54) is 6.42 Å². The Balaban J connectivity index is 2.82. The van der Waals surface area contributed by atoms with E-state index in [2.05, 4.69) is 0 Å². The summed E-state index contributed by atoms with van der Waals surface area (Å²) in [5.41, 5.74) is 0.211. The average molecular weight is 374 g/mol. The molecule has 1 atom stereocenters. The summed E-state index contributed by atoms with van der Waals surface area (Å²) in [4.78, 5) is 33.9. The SMILES string of the molecule is CCOC(=O)COC(=O)/C(=C/C1CCCCC1)CP(=O)(O)CC(C)C. The van der Waals surface area contributed by atoms with Gasteiger partial charge in [0.05, 0.1) is 12.8 Å². The lowest BCUT2D eigenvalue weighted by Gasteiger charge is -2.21. The molecule has 0 bridgehead atoms. The van der Waals surface area contributed by atoms with E-state index < -0.39 is 25.9 Å². The van der Waals surface area contributed by atoms with Crippen molar-refractivity contribution in [3.63, 3.8) is 0 Å². The fourth-order valence-electron chi connectivity index (χ4n) is 3.09. The average Bonchev–Trinajstić information content (AvgIpc) is 2.51. The van der Waals surface area contributed by atoms with Crippen LogP contribution in [0.25, 0.3) is 0 Å². The molecule has 1 N–H and O–H groups in total. The molecule has 1 rings (SSSR count). The lowest BCUT2D eigenvalue weighted by atomic mass is 9.88. The number of hydrogen-bond donors (Lipinski definition) is 1. The Morgan fingerprint density at radius 1 is 1.20 bits per heavy atom. The topological polar surface area (TPSA) is 89.9 Å². The molecule has 0 aromatic rings. The van der Waals surface area contributed by atoms with Gasteiger partial charge in [-0.15, -0.1) is 0 Å². The predicted molar refractivity (Wildman–Crippen MR) is 96.6 cm³/mol. The second-order valence-electron chi connectivity index (χ2n) is 7.05. The van der Waals surface area contributed by atoms with Crippen molar-refractivity contribution in [1.82, 2.24) is 0 Å². The van der Waals surface area contributed by atoms with Gasteiger partial charge < -0.3 is 14.4 Å². The highest BCUT2D eigenvalue weighted by Crippen LogP contribution is 2.44. The number of rotatable bonds is 9. The molecule has 0 aromatic carbocycles. The normalized spacial score (nSPS) is 18.7. The van der Waals surface area contributed by atoms with Crippen LogP contribution in [0.1, 0.15) is 52.9 Å². The van der Waals surface area contributed by atoms with Crippen LogP contribution >= 0.6 is 7.37 Å². The van der Waals surface area contributed by atoms with Crippen LogP contribution in [-0.4, -0.2) is 42.4 Å². The Hall–Kier alpha value is -1.13. The van der Waals surface area contributed by atoms with E-state index in [9.17, 15) is 19.0 Å². The number of carbonyl (C=O) groups excluding carboxylic acids is 2. The van der Waals surface area contributed by atoms with Gasteiger partial charge in [0.25, 0.3) is 0 Å². The third-order valence-electron chi connectivity index (χ3n) is 4.04. The van der Waals surface area contributed by atoms with E-state index in [-0.39, 0.29) is 36.3 Å². The third-order valence-corrected chi connectivity index (χ3v) is 6.18. The van der Waals surface area contributed by atoms with Crippen LogP contribution in [0.3, 0.4) is 0 Å². The molecule has 0 saturated heterocycles. The standard InChI is InChI=1S/C18H31O6P/c1-4-23-17(19)11-24-18(20)16(10-15-8-6-5-7-9-15)13-25(21,22)12-14(2)3/h10,14-15H,4-9,11-13H2,1-3H3,(H,21,22)/b16-10+. The summed E-state index contributed by atoms with van der Waals surface area (Å²) in [6, 6.07) is 0. The first kappa shape index (κ1) is 21.9. The molecule has 144 valence electrons. The number of carbonyl (C=O) groups is 2. The molecule has 1 saturated carbocycles. The highest BCUT2D eigenvalue weighted by atomic mass is 31.2. The molecule has 1 aliphatic rings. The van der Waals surface area contributed by atoms with Crippen molar-refractivity contribution in [2.75, 3.05) is 25.5 Å². The molecular formula is C18H31O6P. The van der Waals surface area contributed by atoms with Gasteiger partial charge in [-0.1, -0.05) is 39.2 Å². The van der Waals surface area contributed by atoms with E-state index in [1.54, 1.807) is 13.0 Å². The molecule has 1 aliphatic carbocycles. The predicted octanol–water partition coefficient (Wildman–Crippen LogP) is 3.53. The summed E-state index contributed by atoms with van der Waals surface area (Å²) in [5, 5.41) is 0. The van der Waals surface area contributed by atoms with Gasteiger partial charge >= 0.3 is 11.9 Å². The van der Waals surface area contributed by atoms with Crippen LogP contribution in [0.4, 0.5) is 0 Å². The van der Waals surface area contributed by atoms with Crippen molar-refractivity contribution in [3.8, 4) is 0 Å². The molecule has 0 spiro atoms. The van der Waals surface area contributed by atoms with Gasteiger partial charge in [0, 0.05) is 11.7 Å². The summed E-state index contributed by atoms with van der Waals surface area (Å²) >= 11 is 0. The smallest absolute Gasteiger partial charge is 0.344 e. The van der Waals surface area contributed by atoms with Crippen molar-refractivity contribution < 1.29 is 28.5 Å². The second-order valence-corrected chi connectivity index (χ2v) is 9.43. The van der Waals surface area contributed by atoms with E-state index in [1.807, 2.05) is 13.8 Å². The van der Waals surface area contributed by atoms with Gasteiger partial charge in [0.1, 0.15) is 0 Å². The van der Waals surface area contributed by atoms with Crippen LogP contribution in [0.2, 0.25) is 0 Å². The molecule has 1 fully saturated rings. The van der Waals surface area contributed by atoms with Crippen molar-refractivity contribution in [2.45, 2.75) is 52.9 Å². The Morgan fingerprint density at radius 2 is 1.84 bits per heavy atom. The van der Waals surface area contributed by atoms with E-state index in [4.69, 9.17) is 9.47 Å². The zero-order valence-corrected chi connectivity index (χ0v) is 16.4. The minimum atomic E-state index is -3.47.